The molecule has 17 heavy (non-hydrogen) atoms. The van der Waals surface area contributed by atoms with Gasteiger partial charge in [-0.2, -0.15) is 13.2 Å². The average molecular weight is 247 g/mol. The zero-order valence-electron chi connectivity index (χ0n) is 9.47. The van der Waals surface area contributed by atoms with E-state index < -0.39 is 17.7 Å². The molecule has 0 rings (SSSR count). The van der Waals surface area contributed by atoms with E-state index in [1.807, 2.05) is 11.7 Å². The monoisotopic (exact) mass is 247 g/mol. The SMILES string of the molecule is C#CCN(C)C(C=C=C)(C(=O)OC)C(F)(F)F. The van der Waals surface area contributed by atoms with Crippen LogP contribution in [0.15, 0.2) is 18.4 Å². The molecule has 0 aromatic heterocycles. The van der Waals surface area contributed by atoms with Crippen molar-refractivity contribution in [1.82, 2.24) is 4.90 Å². The topological polar surface area (TPSA) is 29.5 Å². The van der Waals surface area contributed by atoms with Gasteiger partial charge in [0.1, 0.15) is 0 Å². The lowest BCUT2D eigenvalue weighted by Gasteiger charge is -2.36. The van der Waals surface area contributed by atoms with E-state index in [-0.39, 0.29) is 6.54 Å². The van der Waals surface area contributed by atoms with Crippen LogP contribution in [0.1, 0.15) is 0 Å². The van der Waals surface area contributed by atoms with E-state index in [0.29, 0.717) is 11.0 Å². The average Bonchev–Trinajstić information content (AvgIpc) is 2.23. The van der Waals surface area contributed by atoms with Crippen LogP contribution in [0.5, 0.6) is 0 Å². The van der Waals surface area contributed by atoms with Gasteiger partial charge in [-0.3, -0.25) is 4.90 Å². The Labute approximate surface area is 97.5 Å². The van der Waals surface area contributed by atoms with Crippen LogP contribution in [0.2, 0.25) is 0 Å². The molecule has 1 unspecified atom stereocenters. The lowest BCUT2D eigenvalue weighted by Crippen LogP contribution is -2.62. The molecule has 0 heterocycles. The maximum atomic E-state index is 13.1. The third-order valence-electron chi connectivity index (χ3n) is 2.17. The van der Waals surface area contributed by atoms with E-state index in [2.05, 4.69) is 11.3 Å². The van der Waals surface area contributed by atoms with E-state index in [0.717, 1.165) is 14.2 Å². The number of carbonyl (C=O) groups excluding carboxylic acids is 1. The predicted octanol–water partition coefficient (Wildman–Crippen LogP) is 1.37. The summed E-state index contributed by atoms with van der Waals surface area (Å²) in [5, 5.41) is 0. The molecule has 0 N–H and O–H groups in total. The Hall–Kier alpha value is -1.70. The molecule has 0 saturated heterocycles. The molecule has 0 aromatic rings. The molecule has 0 bridgehead atoms. The molecule has 0 aromatic carbocycles. The van der Waals surface area contributed by atoms with Gasteiger partial charge in [-0.05, 0) is 13.1 Å². The highest BCUT2D eigenvalue weighted by atomic mass is 19.4. The molecule has 3 nitrogen and oxygen atoms in total. The Morgan fingerprint density at radius 2 is 2.12 bits per heavy atom. The highest BCUT2D eigenvalue weighted by molar-refractivity contribution is 5.84. The zero-order chi connectivity index (χ0) is 13.7. The summed E-state index contributed by atoms with van der Waals surface area (Å²) in [5.74, 6) is 0.545. The number of esters is 1. The maximum absolute atomic E-state index is 13.1. The summed E-state index contributed by atoms with van der Waals surface area (Å²) in [6.45, 7) is 2.67. The third-order valence-corrected chi connectivity index (χ3v) is 2.17. The smallest absolute Gasteiger partial charge is 0.421 e. The molecule has 1 atom stereocenters. The summed E-state index contributed by atoms with van der Waals surface area (Å²) < 4.78 is 43.4. The summed E-state index contributed by atoms with van der Waals surface area (Å²) in [5.41, 5.74) is -0.999. The van der Waals surface area contributed by atoms with Gasteiger partial charge in [0.05, 0.1) is 13.7 Å². The van der Waals surface area contributed by atoms with E-state index >= 15 is 0 Å². The van der Waals surface area contributed by atoms with Crippen molar-refractivity contribution >= 4 is 5.97 Å². The number of nitrogens with zero attached hydrogens (tertiary/aromatic N) is 1. The number of likely N-dealkylation sites (N-methyl/N-ethyl adjacent to an activating group) is 1. The summed E-state index contributed by atoms with van der Waals surface area (Å²) in [7, 11) is 1.93. The molecule has 0 fully saturated rings. The number of hydrogen-bond acceptors (Lipinski definition) is 3. The van der Waals surface area contributed by atoms with Gasteiger partial charge in [0.2, 0.25) is 5.54 Å². The fraction of sp³-hybridized carbons (Fsp3) is 0.455. The Kier molecular flexibility index (Phi) is 5.02. The Bertz CT molecular complexity index is 377. The van der Waals surface area contributed by atoms with Crippen molar-refractivity contribution in [2.45, 2.75) is 11.7 Å². The van der Waals surface area contributed by atoms with Crippen LogP contribution in [0.4, 0.5) is 13.2 Å². The summed E-state index contributed by atoms with van der Waals surface area (Å²) in [6, 6.07) is 0. The van der Waals surface area contributed by atoms with Crippen molar-refractivity contribution in [3.63, 3.8) is 0 Å². The molecule has 0 saturated carbocycles. The first-order chi connectivity index (χ1) is 7.77. The van der Waals surface area contributed by atoms with Gasteiger partial charge in [-0.1, -0.05) is 12.5 Å². The van der Waals surface area contributed by atoms with Crippen LogP contribution in [-0.4, -0.2) is 43.3 Å². The lowest BCUT2D eigenvalue weighted by atomic mass is 9.96. The van der Waals surface area contributed by atoms with Crippen LogP contribution in [-0.2, 0) is 9.53 Å². The maximum Gasteiger partial charge on any atom is 0.421 e. The van der Waals surface area contributed by atoms with Crippen molar-refractivity contribution in [3.8, 4) is 12.3 Å². The van der Waals surface area contributed by atoms with E-state index in [1.54, 1.807) is 0 Å². The largest absolute Gasteiger partial charge is 0.467 e. The van der Waals surface area contributed by atoms with Crippen LogP contribution < -0.4 is 0 Å². The number of alkyl halides is 3. The normalized spacial score (nSPS) is 14.4. The Morgan fingerprint density at radius 3 is 2.41 bits per heavy atom. The molecular weight excluding hydrogens is 235 g/mol. The van der Waals surface area contributed by atoms with Crippen LogP contribution in [0.3, 0.4) is 0 Å². The molecule has 0 aliphatic heterocycles. The van der Waals surface area contributed by atoms with Gasteiger partial charge in [-0.25, -0.2) is 4.79 Å². The standard InChI is InChI=1S/C11H12F3NO2/c1-5-7-10(9(16)17-4,11(12,13)14)15(3)8-6-2/h2,7H,1,8H2,3-4H3. The number of carbonyl (C=O) groups is 1. The van der Waals surface area contributed by atoms with E-state index in [1.165, 1.54) is 0 Å². The second kappa shape index (κ2) is 5.58. The van der Waals surface area contributed by atoms with E-state index in [9.17, 15) is 18.0 Å². The van der Waals surface area contributed by atoms with Crippen LogP contribution >= 0.6 is 0 Å². The molecule has 0 aliphatic rings. The molecule has 0 radical (unpaired) electrons. The second-order valence-electron chi connectivity index (χ2n) is 3.16. The van der Waals surface area contributed by atoms with Crippen molar-refractivity contribution in [3.05, 3.63) is 18.4 Å². The van der Waals surface area contributed by atoms with Gasteiger partial charge in [-0.15, -0.1) is 12.2 Å². The predicted molar refractivity (Wildman–Crippen MR) is 56.0 cm³/mol. The van der Waals surface area contributed by atoms with Crippen molar-refractivity contribution < 1.29 is 22.7 Å². The molecular formula is C11H12F3NO2. The summed E-state index contributed by atoms with van der Waals surface area (Å²) in [4.78, 5) is 12.1. The minimum Gasteiger partial charge on any atom is -0.467 e. The Morgan fingerprint density at radius 1 is 1.59 bits per heavy atom. The fourth-order valence-electron chi connectivity index (χ4n) is 1.30. The van der Waals surface area contributed by atoms with Gasteiger partial charge in [0.25, 0.3) is 0 Å². The van der Waals surface area contributed by atoms with Crippen molar-refractivity contribution in [2.24, 2.45) is 0 Å². The highest BCUT2D eigenvalue weighted by Gasteiger charge is 2.62. The van der Waals surface area contributed by atoms with Gasteiger partial charge >= 0.3 is 12.1 Å². The molecule has 0 spiro atoms. The van der Waals surface area contributed by atoms with Crippen molar-refractivity contribution in [1.29, 1.82) is 0 Å². The lowest BCUT2D eigenvalue weighted by molar-refractivity contribution is -0.221. The van der Waals surface area contributed by atoms with Gasteiger partial charge in [0.15, 0.2) is 0 Å². The summed E-state index contributed by atoms with van der Waals surface area (Å²) >= 11 is 0. The Balaban J connectivity index is 5.84. The first kappa shape index (κ1) is 15.3. The number of terminal acetylenes is 1. The number of ether oxygens (including phenoxy) is 1. The highest BCUT2D eigenvalue weighted by Crippen LogP contribution is 2.37. The minimum absolute atomic E-state index is 0.382. The second-order valence-corrected chi connectivity index (χ2v) is 3.16. The molecule has 6 heteroatoms. The molecule has 0 aliphatic carbocycles. The molecule has 94 valence electrons. The number of halogens is 3. The third kappa shape index (κ3) is 2.70. The fourth-order valence-corrected chi connectivity index (χ4v) is 1.30. The van der Waals surface area contributed by atoms with Gasteiger partial charge < -0.3 is 4.74 Å². The summed E-state index contributed by atoms with van der Waals surface area (Å²) in [6.07, 6.45) is 0.550. The van der Waals surface area contributed by atoms with E-state index in [4.69, 9.17) is 6.42 Å². The zero-order valence-corrected chi connectivity index (χ0v) is 9.47. The first-order valence-electron chi connectivity index (χ1n) is 4.44. The first-order valence-corrected chi connectivity index (χ1v) is 4.44. The van der Waals surface area contributed by atoms with Crippen LogP contribution in [0.25, 0.3) is 0 Å². The minimum atomic E-state index is -4.89. The number of hydrogen-bond donors (Lipinski definition) is 0. The van der Waals surface area contributed by atoms with Crippen molar-refractivity contribution in [2.75, 3.05) is 20.7 Å². The van der Waals surface area contributed by atoms with Crippen LogP contribution in [0, 0.1) is 12.3 Å². The van der Waals surface area contributed by atoms with Gasteiger partial charge in [0, 0.05) is 0 Å². The molecule has 0 amide bonds. The number of methoxy groups -OCH3 is 1. The number of rotatable bonds is 4. The quantitative estimate of drug-likeness (QED) is 0.427.